The minimum atomic E-state index is -0.171. The molecule has 2 aromatic rings. The van der Waals surface area contributed by atoms with Crippen molar-refractivity contribution < 1.29 is 0 Å². The number of hydrogen-bond donors (Lipinski definition) is 4. The fourth-order valence-electron chi connectivity index (χ4n) is 1.51. The maximum Gasteiger partial charge on any atom is 0.192 e. The lowest BCUT2D eigenvalue weighted by Crippen LogP contribution is -2.20. The van der Waals surface area contributed by atoms with E-state index in [9.17, 15) is 0 Å². The molecular weight excluding hydrogens is 310 g/mol. The van der Waals surface area contributed by atoms with Crippen molar-refractivity contribution in [2.24, 2.45) is 10.7 Å². The molecule has 0 fully saturated rings. The Hall–Kier alpha value is -2.63. The molecule has 0 aliphatic heterocycles. The van der Waals surface area contributed by atoms with Crippen molar-refractivity contribution >= 4 is 46.1 Å². The van der Waals surface area contributed by atoms with Gasteiger partial charge in [0.15, 0.2) is 17.3 Å². The third-order valence-corrected chi connectivity index (χ3v) is 3.24. The lowest BCUT2D eigenvalue weighted by Gasteiger charge is -2.01. The summed E-state index contributed by atoms with van der Waals surface area (Å²) in [6, 6.07) is 5.21. The molecule has 1 heterocycles. The summed E-state index contributed by atoms with van der Waals surface area (Å²) < 4.78 is 0. The number of anilines is 1. The van der Waals surface area contributed by atoms with E-state index in [2.05, 4.69) is 20.6 Å². The molecule has 0 bridgehead atoms. The SMILES string of the molecule is N#CN/C=N/c1cc(Cl)cc(-c2csc(NC(=N)N)n2)c1. The number of nitrogens with zero attached hydrogens (tertiary/aromatic N) is 3. The highest BCUT2D eigenvalue weighted by Gasteiger charge is 2.07. The largest absolute Gasteiger partial charge is 0.370 e. The molecule has 0 spiro atoms. The highest BCUT2D eigenvalue weighted by atomic mass is 35.5. The van der Waals surface area contributed by atoms with Gasteiger partial charge in [-0.15, -0.1) is 11.3 Å². The maximum atomic E-state index is 8.38. The van der Waals surface area contributed by atoms with Gasteiger partial charge in [0.2, 0.25) is 0 Å². The molecule has 0 atom stereocenters. The minimum Gasteiger partial charge on any atom is -0.370 e. The lowest BCUT2D eigenvalue weighted by molar-refractivity contribution is 1.29. The molecule has 1 aromatic carbocycles. The zero-order valence-electron chi connectivity index (χ0n) is 10.6. The normalized spacial score (nSPS) is 10.3. The van der Waals surface area contributed by atoms with Gasteiger partial charge >= 0.3 is 0 Å². The Morgan fingerprint density at radius 1 is 1.52 bits per heavy atom. The second kappa shape index (κ2) is 6.69. The number of rotatable bonds is 4. The van der Waals surface area contributed by atoms with Gasteiger partial charge in [0.05, 0.1) is 11.4 Å². The summed E-state index contributed by atoms with van der Waals surface area (Å²) >= 11 is 7.38. The molecule has 0 aliphatic carbocycles. The van der Waals surface area contributed by atoms with Gasteiger partial charge in [-0.2, -0.15) is 5.26 Å². The highest BCUT2D eigenvalue weighted by molar-refractivity contribution is 7.14. The zero-order valence-corrected chi connectivity index (χ0v) is 12.2. The average Bonchev–Trinajstić information content (AvgIpc) is 2.86. The summed E-state index contributed by atoms with van der Waals surface area (Å²) in [5, 5.41) is 23.3. The molecule has 5 N–H and O–H groups in total. The van der Waals surface area contributed by atoms with Gasteiger partial charge in [-0.25, -0.2) is 9.98 Å². The van der Waals surface area contributed by atoms with Crippen molar-refractivity contribution in [1.29, 1.82) is 10.7 Å². The van der Waals surface area contributed by atoms with Crippen LogP contribution >= 0.6 is 22.9 Å². The number of nitrogens with two attached hydrogens (primary N) is 1. The van der Waals surface area contributed by atoms with E-state index in [1.54, 1.807) is 24.4 Å². The molecule has 0 radical (unpaired) electrons. The molecule has 21 heavy (non-hydrogen) atoms. The summed E-state index contributed by atoms with van der Waals surface area (Å²) in [7, 11) is 0. The van der Waals surface area contributed by atoms with Gasteiger partial charge < -0.3 is 11.1 Å². The summed E-state index contributed by atoms with van der Waals surface area (Å²) in [4.78, 5) is 8.37. The van der Waals surface area contributed by atoms with Crippen LogP contribution in [0.15, 0.2) is 28.6 Å². The summed E-state index contributed by atoms with van der Waals surface area (Å²) in [5.74, 6) is -0.171. The number of aromatic nitrogens is 1. The van der Waals surface area contributed by atoms with Crippen molar-refractivity contribution in [3.8, 4) is 17.5 Å². The van der Waals surface area contributed by atoms with Crippen molar-refractivity contribution in [3.63, 3.8) is 0 Å². The van der Waals surface area contributed by atoms with E-state index >= 15 is 0 Å². The Balaban J connectivity index is 2.29. The number of aliphatic imine (C=N–C) groups is 1. The van der Waals surface area contributed by atoms with Crippen LogP contribution < -0.4 is 16.4 Å². The van der Waals surface area contributed by atoms with Crippen LogP contribution in [-0.2, 0) is 0 Å². The topological polar surface area (TPSA) is 123 Å². The van der Waals surface area contributed by atoms with Crippen LogP contribution in [0.2, 0.25) is 5.02 Å². The molecule has 0 amide bonds. The molecule has 0 saturated carbocycles. The first-order chi connectivity index (χ1) is 10.1. The first-order valence-electron chi connectivity index (χ1n) is 5.63. The predicted octanol–water partition coefficient (Wildman–Crippen LogP) is 2.50. The van der Waals surface area contributed by atoms with Crippen LogP contribution in [0.1, 0.15) is 0 Å². The maximum absolute atomic E-state index is 8.38. The van der Waals surface area contributed by atoms with Crippen LogP contribution in [0.3, 0.4) is 0 Å². The lowest BCUT2D eigenvalue weighted by atomic mass is 10.1. The quantitative estimate of drug-likeness (QED) is 0.298. The van der Waals surface area contributed by atoms with E-state index in [1.807, 2.05) is 5.38 Å². The third-order valence-electron chi connectivity index (χ3n) is 2.27. The molecule has 1 aromatic heterocycles. The van der Waals surface area contributed by atoms with Crippen molar-refractivity contribution in [3.05, 3.63) is 28.6 Å². The minimum absolute atomic E-state index is 0.171. The van der Waals surface area contributed by atoms with Gasteiger partial charge in [0, 0.05) is 16.0 Å². The summed E-state index contributed by atoms with van der Waals surface area (Å²) in [6.45, 7) is 0. The second-order valence-electron chi connectivity index (χ2n) is 3.79. The standard InChI is InChI=1S/C12H10ClN7S/c13-8-1-7(2-9(3-8)18-6-17-5-14)10-4-21-12(19-10)20-11(15)16/h1-4,6H,(H,17,18)(H4,15,16,19,20). The first-order valence-corrected chi connectivity index (χ1v) is 6.89. The Morgan fingerprint density at radius 3 is 3.05 bits per heavy atom. The van der Waals surface area contributed by atoms with Crippen LogP contribution in [-0.4, -0.2) is 17.3 Å². The van der Waals surface area contributed by atoms with Gasteiger partial charge in [0.1, 0.15) is 6.34 Å². The molecule has 7 nitrogen and oxygen atoms in total. The summed E-state index contributed by atoms with van der Waals surface area (Å²) in [5.41, 5.74) is 7.31. The Kier molecular flexibility index (Phi) is 4.71. The molecule has 2 rings (SSSR count). The van der Waals surface area contributed by atoms with E-state index < -0.39 is 0 Å². The monoisotopic (exact) mass is 319 g/mol. The van der Waals surface area contributed by atoms with E-state index in [4.69, 9.17) is 28.0 Å². The molecule has 9 heteroatoms. The predicted molar refractivity (Wildman–Crippen MR) is 85.0 cm³/mol. The van der Waals surface area contributed by atoms with Crippen LogP contribution in [0.25, 0.3) is 11.3 Å². The fourth-order valence-corrected chi connectivity index (χ4v) is 2.47. The van der Waals surface area contributed by atoms with Gasteiger partial charge in [-0.05, 0) is 18.2 Å². The molecule has 0 unspecified atom stereocenters. The Morgan fingerprint density at radius 2 is 2.33 bits per heavy atom. The Bertz CT molecular complexity index is 731. The number of hydrogen-bond acceptors (Lipinski definition) is 5. The average molecular weight is 320 g/mol. The van der Waals surface area contributed by atoms with E-state index in [0.29, 0.717) is 21.5 Å². The van der Waals surface area contributed by atoms with Gasteiger partial charge in [-0.3, -0.25) is 10.7 Å². The Labute approximate surface area is 129 Å². The third kappa shape index (κ3) is 4.17. The number of halogens is 1. The van der Waals surface area contributed by atoms with Crippen molar-refractivity contribution in [1.82, 2.24) is 10.3 Å². The molecule has 0 aliphatic rings. The van der Waals surface area contributed by atoms with E-state index in [1.165, 1.54) is 17.7 Å². The number of benzene rings is 1. The fraction of sp³-hybridized carbons (Fsp3) is 0. The molecule has 0 saturated heterocycles. The highest BCUT2D eigenvalue weighted by Crippen LogP contribution is 2.30. The zero-order chi connectivity index (χ0) is 15.2. The second-order valence-corrected chi connectivity index (χ2v) is 5.08. The molecule has 106 valence electrons. The van der Waals surface area contributed by atoms with Crippen LogP contribution in [0.5, 0.6) is 0 Å². The number of thiazole rings is 1. The number of nitriles is 1. The van der Waals surface area contributed by atoms with Gasteiger partial charge in [-0.1, -0.05) is 11.6 Å². The van der Waals surface area contributed by atoms with E-state index in [0.717, 1.165) is 5.56 Å². The number of nitrogens with one attached hydrogen (secondary N) is 3. The van der Waals surface area contributed by atoms with E-state index in [-0.39, 0.29) is 5.96 Å². The smallest absolute Gasteiger partial charge is 0.192 e. The first kappa shape index (κ1) is 14.8. The molecular formula is C12H10ClN7S. The van der Waals surface area contributed by atoms with Crippen LogP contribution in [0.4, 0.5) is 10.8 Å². The van der Waals surface area contributed by atoms with Crippen LogP contribution in [0, 0.1) is 16.9 Å². The van der Waals surface area contributed by atoms with Gasteiger partial charge in [0.25, 0.3) is 0 Å². The van der Waals surface area contributed by atoms with Crippen molar-refractivity contribution in [2.45, 2.75) is 0 Å². The summed E-state index contributed by atoms with van der Waals surface area (Å²) in [6.07, 6.45) is 3.01. The number of guanidine groups is 1. The van der Waals surface area contributed by atoms with Crippen molar-refractivity contribution in [2.75, 3.05) is 5.32 Å².